The minimum absolute atomic E-state index is 0.155. The van der Waals surface area contributed by atoms with Gasteiger partial charge in [0.25, 0.3) is 0 Å². The molecule has 0 bridgehead atoms. The maximum absolute atomic E-state index is 13.7. The van der Waals surface area contributed by atoms with E-state index in [1.54, 1.807) is 11.0 Å². The van der Waals surface area contributed by atoms with Crippen molar-refractivity contribution in [3.63, 3.8) is 0 Å². The first-order chi connectivity index (χ1) is 12.1. The molecule has 0 saturated carbocycles. The average molecular weight is 379 g/mol. The molecule has 0 N–H and O–H groups in total. The average Bonchev–Trinajstić information content (AvgIpc) is 2.62. The maximum atomic E-state index is 13.7. The fraction of sp³-hybridized carbons (Fsp3) is 0.211. The first-order valence-electron chi connectivity index (χ1n) is 7.97. The molecule has 2 aromatic rings. The number of piperazine rings is 1. The fourth-order valence-electron chi connectivity index (χ4n) is 2.81. The molecule has 0 aromatic heterocycles. The molecule has 1 amide bonds. The summed E-state index contributed by atoms with van der Waals surface area (Å²) < 4.78 is 13.7. The van der Waals surface area contributed by atoms with Crippen molar-refractivity contribution in [2.45, 2.75) is 0 Å². The van der Waals surface area contributed by atoms with Crippen LogP contribution in [0.3, 0.4) is 0 Å². The molecule has 3 rings (SSSR count). The van der Waals surface area contributed by atoms with Crippen LogP contribution in [0.25, 0.3) is 6.08 Å². The van der Waals surface area contributed by atoms with Crippen molar-refractivity contribution in [1.82, 2.24) is 4.90 Å². The van der Waals surface area contributed by atoms with Gasteiger partial charge in [-0.3, -0.25) is 4.79 Å². The van der Waals surface area contributed by atoms with E-state index in [9.17, 15) is 9.18 Å². The van der Waals surface area contributed by atoms with E-state index in [-0.39, 0.29) is 16.5 Å². The minimum Gasteiger partial charge on any atom is -0.367 e. The predicted octanol–water partition coefficient (Wildman–Crippen LogP) is 4.49. The highest BCUT2D eigenvalue weighted by Gasteiger charge is 2.21. The zero-order valence-corrected chi connectivity index (χ0v) is 15.0. The number of hydrogen-bond acceptors (Lipinski definition) is 2. The van der Waals surface area contributed by atoms with Crippen molar-refractivity contribution in [3.8, 4) is 0 Å². The third-order valence-electron chi connectivity index (χ3n) is 4.18. The molecule has 1 heterocycles. The Morgan fingerprint density at radius 1 is 0.960 bits per heavy atom. The van der Waals surface area contributed by atoms with Gasteiger partial charge >= 0.3 is 0 Å². The van der Waals surface area contributed by atoms with Gasteiger partial charge in [0.15, 0.2) is 0 Å². The van der Waals surface area contributed by atoms with Crippen LogP contribution in [0.1, 0.15) is 5.56 Å². The van der Waals surface area contributed by atoms with Crippen LogP contribution < -0.4 is 4.90 Å². The molecule has 0 aliphatic carbocycles. The molecule has 0 unspecified atom stereocenters. The van der Waals surface area contributed by atoms with E-state index in [2.05, 4.69) is 4.90 Å². The molecule has 6 heteroatoms. The molecule has 1 aliphatic heterocycles. The van der Waals surface area contributed by atoms with Crippen molar-refractivity contribution < 1.29 is 9.18 Å². The number of para-hydroxylation sites is 1. The van der Waals surface area contributed by atoms with Gasteiger partial charge in [0.05, 0.1) is 15.7 Å². The van der Waals surface area contributed by atoms with Crippen LogP contribution in [-0.2, 0) is 4.79 Å². The third-order valence-corrected chi connectivity index (χ3v) is 4.83. The Bertz CT molecular complexity index is 782. The zero-order chi connectivity index (χ0) is 17.8. The second-order valence-electron chi connectivity index (χ2n) is 5.73. The number of carbonyl (C=O) groups excluding carboxylic acids is 1. The van der Waals surface area contributed by atoms with Gasteiger partial charge in [-0.1, -0.05) is 41.4 Å². The second kappa shape index (κ2) is 7.89. The van der Waals surface area contributed by atoms with Crippen molar-refractivity contribution in [2.24, 2.45) is 0 Å². The second-order valence-corrected chi connectivity index (χ2v) is 6.55. The summed E-state index contributed by atoms with van der Waals surface area (Å²) in [5.74, 6) is -0.599. The van der Waals surface area contributed by atoms with Gasteiger partial charge in [-0.25, -0.2) is 4.39 Å². The van der Waals surface area contributed by atoms with Gasteiger partial charge in [-0.2, -0.15) is 0 Å². The lowest BCUT2D eigenvalue weighted by Gasteiger charge is -2.36. The topological polar surface area (TPSA) is 23.6 Å². The van der Waals surface area contributed by atoms with E-state index in [1.165, 1.54) is 24.3 Å². The molecular weight excluding hydrogens is 362 g/mol. The molecule has 1 aliphatic rings. The molecular formula is C19H17Cl2FN2O. The standard InChI is InChI=1S/C19H17Cl2FN2O/c20-15-5-3-6-17(22)14(15)8-9-19(25)24-12-10-23(11-13-24)18-7-2-1-4-16(18)21/h1-9H,10-13H2/b9-8+. The zero-order valence-electron chi connectivity index (χ0n) is 13.5. The van der Waals surface area contributed by atoms with E-state index < -0.39 is 5.82 Å². The Morgan fingerprint density at radius 2 is 1.64 bits per heavy atom. The lowest BCUT2D eigenvalue weighted by Crippen LogP contribution is -2.48. The van der Waals surface area contributed by atoms with Crippen LogP contribution in [0.4, 0.5) is 10.1 Å². The molecule has 0 radical (unpaired) electrons. The highest BCUT2D eigenvalue weighted by molar-refractivity contribution is 6.33. The van der Waals surface area contributed by atoms with Gasteiger partial charge < -0.3 is 9.80 Å². The van der Waals surface area contributed by atoms with Gasteiger partial charge in [0, 0.05) is 37.8 Å². The maximum Gasteiger partial charge on any atom is 0.246 e. The number of amides is 1. The Labute approximate surface area is 156 Å². The first-order valence-corrected chi connectivity index (χ1v) is 8.72. The summed E-state index contributed by atoms with van der Waals surface area (Å²) in [6.07, 6.45) is 2.80. The number of benzene rings is 2. The molecule has 0 spiro atoms. The van der Waals surface area contributed by atoms with Crippen molar-refractivity contribution in [3.05, 3.63) is 70.0 Å². The fourth-order valence-corrected chi connectivity index (χ4v) is 3.29. The van der Waals surface area contributed by atoms with Crippen LogP contribution in [-0.4, -0.2) is 37.0 Å². The van der Waals surface area contributed by atoms with Crippen LogP contribution in [0.5, 0.6) is 0 Å². The molecule has 3 nitrogen and oxygen atoms in total. The Balaban J connectivity index is 1.62. The van der Waals surface area contributed by atoms with Gasteiger partial charge in [0.2, 0.25) is 5.91 Å². The lowest BCUT2D eigenvalue weighted by atomic mass is 10.2. The van der Waals surface area contributed by atoms with Crippen molar-refractivity contribution >= 4 is 40.9 Å². The molecule has 25 heavy (non-hydrogen) atoms. The molecule has 1 saturated heterocycles. The summed E-state index contributed by atoms with van der Waals surface area (Å²) in [5, 5.41) is 0.990. The quantitative estimate of drug-likeness (QED) is 0.734. The lowest BCUT2D eigenvalue weighted by molar-refractivity contribution is -0.126. The SMILES string of the molecule is O=C(/C=C/c1c(F)cccc1Cl)N1CCN(c2ccccc2Cl)CC1. The van der Waals surface area contributed by atoms with E-state index in [4.69, 9.17) is 23.2 Å². The highest BCUT2D eigenvalue weighted by atomic mass is 35.5. The monoisotopic (exact) mass is 378 g/mol. The van der Waals surface area contributed by atoms with E-state index >= 15 is 0 Å². The summed E-state index contributed by atoms with van der Waals surface area (Å²) in [6.45, 7) is 2.56. The van der Waals surface area contributed by atoms with Crippen LogP contribution >= 0.6 is 23.2 Å². The van der Waals surface area contributed by atoms with Gasteiger partial charge in [-0.15, -0.1) is 0 Å². The molecule has 1 fully saturated rings. The molecule has 130 valence electrons. The molecule has 0 atom stereocenters. The highest BCUT2D eigenvalue weighted by Crippen LogP contribution is 2.26. The van der Waals surface area contributed by atoms with E-state index in [0.29, 0.717) is 31.2 Å². The predicted molar refractivity (Wildman–Crippen MR) is 101 cm³/mol. The van der Waals surface area contributed by atoms with Crippen molar-refractivity contribution in [2.75, 3.05) is 31.1 Å². The summed E-state index contributed by atoms with van der Waals surface area (Å²) in [4.78, 5) is 16.2. The Morgan fingerprint density at radius 3 is 2.32 bits per heavy atom. The van der Waals surface area contributed by atoms with Crippen LogP contribution in [0.15, 0.2) is 48.5 Å². The molecule has 2 aromatic carbocycles. The normalized spacial score (nSPS) is 15.0. The number of anilines is 1. The largest absolute Gasteiger partial charge is 0.367 e. The minimum atomic E-state index is -0.444. The third kappa shape index (κ3) is 4.14. The number of rotatable bonds is 3. The van der Waals surface area contributed by atoms with E-state index in [0.717, 1.165) is 5.69 Å². The summed E-state index contributed by atoms with van der Waals surface area (Å²) in [5.41, 5.74) is 1.21. The summed E-state index contributed by atoms with van der Waals surface area (Å²) >= 11 is 12.2. The van der Waals surface area contributed by atoms with Gasteiger partial charge in [-0.05, 0) is 30.3 Å². The smallest absolute Gasteiger partial charge is 0.246 e. The summed E-state index contributed by atoms with van der Waals surface area (Å²) in [7, 11) is 0. The summed E-state index contributed by atoms with van der Waals surface area (Å²) in [6, 6.07) is 12.1. The Hall–Kier alpha value is -2.04. The number of halogens is 3. The number of nitrogens with zero attached hydrogens (tertiary/aromatic N) is 2. The number of hydrogen-bond donors (Lipinski definition) is 0. The van der Waals surface area contributed by atoms with Crippen molar-refractivity contribution in [1.29, 1.82) is 0 Å². The first kappa shape index (κ1) is 17.8. The van der Waals surface area contributed by atoms with Gasteiger partial charge in [0.1, 0.15) is 5.82 Å². The number of carbonyl (C=O) groups is 1. The van der Waals surface area contributed by atoms with Crippen LogP contribution in [0, 0.1) is 5.82 Å². The Kier molecular flexibility index (Phi) is 5.61. The van der Waals surface area contributed by atoms with E-state index in [1.807, 2.05) is 24.3 Å². The van der Waals surface area contributed by atoms with Crippen LogP contribution in [0.2, 0.25) is 10.0 Å².